The number of urea groups is 2. The second kappa shape index (κ2) is 11.3. The number of allylic oxidation sites excluding steroid dienone is 1. The number of hydrogen-bond donors (Lipinski definition) is 3. The molecule has 0 bridgehead atoms. The van der Waals surface area contributed by atoms with E-state index in [2.05, 4.69) is 15.2 Å². The molecular formula is C27H29ClFN7O3. The number of nitrogen functional groups attached to an aromatic ring is 1. The van der Waals surface area contributed by atoms with Crippen molar-refractivity contribution in [1.82, 2.24) is 14.8 Å². The van der Waals surface area contributed by atoms with Crippen molar-refractivity contribution in [2.75, 3.05) is 53.7 Å². The van der Waals surface area contributed by atoms with Crippen LogP contribution in [0.2, 0.25) is 5.02 Å². The highest BCUT2D eigenvalue weighted by Gasteiger charge is 2.25. The molecule has 0 aliphatic carbocycles. The lowest BCUT2D eigenvalue weighted by Crippen LogP contribution is -2.50. The molecule has 204 valence electrons. The van der Waals surface area contributed by atoms with Crippen LogP contribution in [0.3, 0.4) is 0 Å². The van der Waals surface area contributed by atoms with Crippen LogP contribution in [-0.2, 0) is 0 Å². The van der Waals surface area contributed by atoms with Crippen LogP contribution in [0.25, 0.3) is 10.9 Å². The monoisotopic (exact) mass is 553 g/mol. The minimum absolute atomic E-state index is 0.0430. The molecule has 3 aromatic rings. The van der Waals surface area contributed by atoms with Gasteiger partial charge in [-0.1, -0.05) is 17.7 Å². The number of pyridine rings is 1. The van der Waals surface area contributed by atoms with Gasteiger partial charge >= 0.3 is 12.1 Å². The number of anilines is 4. The van der Waals surface area contributed by atoms with Gasteiger partial charge in [0.1, 0.15) is 11.6 Å². The van der Waals surface area contributed by atoms with E-state index in [0.29, 0.717) is 54.1 Å². The summed E-state index contributed by atoms with van der Waals surface area (Å²) in [7, 11) is 0. The highest BCUT2D eigenvalue weighted by atomic mass is 35.5. The standard InChI is InChI=1S/C27H29ClFN7O3/c28-18-5-7-20-22(15-18)31-25(30)17-24(20)33-11-13-34(14-12-33)26(37)32-23-16-19(6-8-21(23)29)36(39)27(38)35-9-3-1-2-4-10-35/h3,5-9,15-17,39H,1-2,4,10-14H2,(H2,30,31)(H,32,37). The summed E-state index contributed by atoms with van der Waals surface area (Å²) < 4.78 is 14.6. The Morgan fingerprint density at radius 1 is 1.05 bits per heavy atom. The fraction of sp³-hybridized carbons (Fsp3) is 0.296. The first-order valence-corrected chi connectivity index (χ1v) is 13.1. The lowest BCUT2D eigenvalue weighted by atomic mass is 10.1. The summed E-state index contributed by atoms with van der Waals surface area (Å²) in [6.07, 6.45) is 6.13. The average molecular weight is 554 g/mol. The first kappa shape index (κ1) is 26.5. The Balaban J connectivity index is 1.24. The second-order valence-corrected chi connectivity index (χ2v) is 9.90. The smallest absolute Gasteiger partial charge is 0.352 e. The maximum Gasteiger partial charge on any atom is 0.352 e. The molecule has 1 aromatic heterocycles. The van der Waals surface area contributed by atoms with Crippen LogP contribution in [0, 0.1) is 5.82 Å². The first-order valence-electron chi connectivity index (χ1n) is 12.7. The van der Waals surface area contributed by atoms with Crippen molar-refractivity contribution >= 4 is 57.4 Å². The zero-order chi connectivity index (χ0) is 27.5. The van der Waals surface area contributed by atoms with E-state index in [9.17, 15) is 19.2 Å². The largest absolute Gasteiger partial charge is 0.384 e. The number of nitrogens with two attached hydrogens (primary N) is 1. The van der Waals surface area contributed by atoms with E-state index >= 15 is 0 Å². The van der Waals surface area contributed by atoms with Crippen molar-refractivity contribution in [3.05, 3.63) is 65.6 Å². The molecule has 0 radical (unpaired) electrons. The van der Waals surface area contributed by atoms with E-state index < -0.39 is 17.9 Å². The van der Waals surface area contributed by atoms with E-state index in [0.717, 1.165) is 36.4 Å². The number of halogens is 2. The molecule has 1 fully saturated rings. The number of nitrogens with zero attached hydrogens (tertiary/aromatic N) is 5. The lowest BCUT2D eigenvalue weighted by molar-refractivity contribution is 0.180. The van der Waals surface area contributed by atoms with Crippen LogP contribution < -0.4 is 21.0 Å². The van der Waals surface area contributed by atoms with Gasteiger partial charge in [0, 0.05) is 61.1 Å². The Kier molecular flexibility index (Phi) is 7.71. The SMILES string of the molecule is Nc1cc(N2CCN(C(=O)Nc3cc(N(O)C(=O)N4C=CCCCC4)ccc3F)CC2)c2ccc(Cl)cc2n1. The maximum absolute atomic E-state index is 14.6. The molecule has 4 N–H and O–H groups in total. The fourth-order valence-electron chi connectivity index (χ4n) is 4.76. The predicted octanol–water partition coefficient (Wildman–Crippen LogP) is 5.28. The normalized spacial score (nSPS) is 15.8. The number of rotatable bonds is 3. The summed E-state index contributed by atoms with van der Waals surface area (Å²) in [6.45, 7) is 2.30. The Hall–Kier alpha value is -4.09. The molecule has 2 aliphatic heterocycles. The highest BCUT2D eigenvalue weighted by Crippen LogP contribution is 2.31. The number of benzene rings is 2. The number of fused-ring (bicyclic) bond motifs is 1. The van der Waals surface area contributed by atoms with Crippen LogP contribution in [0.5, 0.6) is 0 Å². The number of hydroxylamine groups is 1. The molecule has 2 aliphatic rings. The van der Waals surface area contributed by atoms with Gasteiger partial charge in [-0.25, -0.2) is 19.0 Å². The fourth-order valence-corrected chi connectivity index (χ4v) is 4.93. The molecular weight excluding hydrogens is 525 g/mol. The molecule has 10 nitrogen and oxygen atoms in total. The van der Waals surface area contributed by atoms with Crippen molar-refractivity contribution < 1.29 is 19.2 Å². The third-order valence-corrected chi connectivity index (χ3v) is 7.08. The minimum atomic E-state index is -0.682. The number of carbonyl (C=O) groups excluding carboxylic acids is 2. The van der Waals surface area contributed by atoms with Gasteiger partial charge in [0.15, 0.2) is 0 Å². The number of hydrogen-bond acceptors (Lipinski definition) is 6. The minimum Gasteiger partial charge on any atom is -0.384 e. The Morgan fingerprint density at radius 2 is 1.85 bits per heavy atom. The highest BCUT2D eigenvalue weighted by molar-refractivity contribution is 6.31. The third kappa shape index (κ3) is 5.84. The maximum atomic E-state index is 14.6. The molecule has 4 amide bonds. The van der Waals surface area contributed by atoms with E-state index in [1.54, 1.807) is 29.3 Å². The van der Waals surface area contributed by atoms with Crippen molar-refractivity contribution in [2.45, 2.75) is 19.3 Å². The van der Waals surface area contributed by atoms with Crippen molar-refractivity contribution in [1.29, 1.82) is 0 Å². The van der Waals surface area contributed by atoms with Crippen LogP contribution >= 0.6 is 11.6 Å². The van der Waals surface area contributed by atoms with E-state index in [-0.39, 0.29) is 11.4 Å². The van der Waals surface area contributed by atoms with Crippen LogP contribution in [0.4, 0.5) is 36.9 Å². The zero-order valence-electron chi connectivity index (χ0n) is 21.2. The van der Waals surface area contributed by atoms with Gasteiger partial charge in [0.05, 0.1) is 16.9 Å². The number of amides is 4. The first-order chi connectivity index (χ1) is 18.8. The predicted molar refractivity (Wildman–Crippen MR) is 150 cm³/mol. The van der Waals surface area contributed by atoms with Crippen LogP contribution in [-0.4, -0.2) is 64.8 Å². The molecule has 3 heterocycles. The summed E-state index contributed by atoms with van der Waals surface area (Å²) in [5.74, 6) is -0.308. The van der Waals surface area contributed by atoms with Crippen molar-refractivity contribution in [3.63, 3.8) is 0 Å². The van der Waals surface area contributed by atoms with Gasteiger partial charge < -0.3 is 20.9 Å². The van der Waals surface area contributed by atoms with Crippen molar-refractivity contribution in [3.8, 4) is 0 Å². The van der Waals surface area contributed by atoms with Gasteiger partial charge in [-0.3, -0.25) is 10.1 Å². The van der Waals surface area contributed by atoms with E-state index in [1.807, 2.05) is 12.1 Å². The van der Waals surface area contributed by atoms with Gasteiger partial charge in [-0.15, -0.1) is 0 Å². The van der Waals surface area contributed by atoms with Gasteiger partial charge in [0.2, 0.25) is 0 Å². The number of piperazine rings is 1. The number of carbonyl (C=O) groups is 2. The summed E-state index contributed by atoms with van der Waals surface area (Å²) in [6, 6.07) is 9.73. The van der Waals surface area contributed by atoms with Crippen molar-refractivity contribution in [2.24, 2.45) is 0 Å². The van der Waals surface area contributed by atoms with Crippen LogP contribution in [0.1, 0.15) is 19.3 Å². The van der Waals surface area contributed by atoms with Gasteiger partial charge in [0.25, 0.3) is 0 Å². The van der Waals surface area contributed by atoms with Gasteiger partial charge in [-0.05, 0) is 55.7 Å². The summed E-state index contributed by atoms with van der Waals surface area (Å²) >= 11 is 6.11. The molecule has 39 heavy (non-hydrogen) atoms. The molecule has 5 rings (SSSR count). The van der Waals surface area contributed by atoms with Gasteiger partial charge in [-0.2, -0.15) is 5.06 Å². The van der Waals surface area contributed by atoms with E-state index in [4.69, 9.17) is 17.3 Å². The van der Waals surface area contributed by atoms with E-state index in [1.165, 1.54) is 17.0 Å². The quantitative estimate of drug-likeness (QED) is 0.300. The molecule has 2 aromatic carbocycles. The Labute approximate surface area is 230 Å². The Morgan fingerprint density at radius 3 is 2.64 bits per heavy atom. The molecule has 0 unspecified atom stereocenters. The number of nitrogens with one attached hydrogen (secondary N) is 1. The zero-order valence-corrected chi connectivity index (χ0v) is 21.9. The lowest BCUT2D eigenvalue weighted by Gasteiger charge is -2.36. The summed E-state index contributed by atoms with van der Waals surface area (Å²) in [5.41, 5.74) is 7.52. The average Bonchev–Trinajstić information content (AvgIpc) is 3.22. The molecule has 0 saturated carbocycles. The molecule has 1 saturated heterocycles. The molecule has 12 heteroatoms. The number of aromatic nitrogens is 1. The summed E-state index contributed by atoms with van der Waals surface area (Å²) in [4.78, 5) is 35.2. The Bertz CT molecular complexity index is 1420. The van der Waals surface area contributed by atoms with Crippen LogP contribution in [0.15, 0.2) is 54.7 Å². The molecule has 0 spiro atoms. The molecule has 0 atom stereocenters. The summed E-state index contributed by atoms with van der Waals surface area (Å²) in [5, 5.41) is 15.0. The second-order valence-electron chi connectivity index (χ2n) is 9.46. The third-order valence-electron chi connectivity index (χ3n) is 6.85. The topological polar surface area (TPSA) is 118 Å².